The van der Waals surface area contributed by atoms with Crippen LogP contribution in [0, 0.1) is 3.57 Å². The molecular formula is C35H41INO-. The SMILES string of the molecule is CCOc1c(C[I-]c2ccccc2N(c2ccccc2)c2ccccc2)cc(C(C)(C)C)cc1C(C)(C)C. The second kappa shape index (κ2) is 11.9. The normalized spacial score (nSPS) is 12.0. The van der Waals surface area contributed by atoms with E-state index in [9.17, 15) is 0 Å². The number of benzene rings is 4. The van der Waals surface area contributed by atoms with Crippen LogP contribution in [0.2, 0.25) is 0 Å². The number of nitrogens with zero attached hydrogens (tertiary/aromatic N) is 1. The van der Waals surface area contributed by atoms with Gasteiger partial charge < -0.3 is 0 Å². The van der Waals surface area contributed by atoms with Crippen LogP contribution in [0.4, 0.5) is 17.1 Å². The molecule has 0 heterocycles. The van der Waals surface area contributed by atoms with Crippen molar-refractivity contribution in [1.29, 1.82) is 0 Å². The number of hydrogen-bond acceptors (Lipinski definition) is 2. The summed E-state index contributed by atoms with van der Waals surface area (Å²) in [5, 5.41) is 0. The first-order valence-corrected chi connectivity index (χ1v) is 16.1. The van der Waals surface area contributed by atoms with Gasteiger partial charge in [-0.2, -0.15) is 0 Å². The van der Waals surface area contributed by atoms with E-state index in [0.29, 0.717) is 6.61 Å². The zero-order chi connectivity index (χ0) is 27.3. The molecule has 0 saturated carbocycles. The van der Waals surface area contributed by atoms with E-state index in [4.69, 9.17) is 4.74 Å². The van der Waals surface area contributed by atoms with E-state index in [1.807, 2.05) is 0 Å². The summed E-state index contributed by atoms with van der Waals surface area (Å²) >= 11 is -0.340. The molecule has 0 atom stereocenters. The molecule has 0 saturated heterocycles. The maximum absolute atomic E-state index is 6.37. The van der Waals surface area contributed by atoms with Crippen LogP contribution in [-0.4, -0.2) is 6.61 Å². The van der Waals surface area contributed by atoms with Gasteiger partial charge in [-0.3, -0.25) is 0 Å². The van der Waals surface area contributed by atoms with Gasteiger partial charge in [0.15, 0.2) is 0 Å². The molecule has 0 aliphatic carbocycles. The van der Waals surface area contributed by atoms with Crippen molar-refractivity contribution >= 4 is 17.1 Å². The molecule has 2 nitrogen and oxygen atoms in total. The Kier molecular flexibility index (Phi) is 8.87. The average molecular weight is 619 g/mol. The number of hydrogen-bond donors (Lipinski definition) is 0. The minimum absolute atomic E-state index is 0.00809. The van der Waals surface area contributed by atoms with Crippen LogP contribution in [0.15, 0.2) is 97.1 Å². The molecule has 4 aromatic rings. The van der Waals surface area contributed by atoms with Crippen LogP contribution in [0.5, 0.6) is 5.75 Å². The standard InChI is InChI=1S/C35H41INO/c1-8-38-33-26(23-27(34(2,3)4)24-30(33)35(5,6)7)25-36-31-21-15-16-22-32(31)37(28-17-11-9-12-18-28)29-19-13-10-14-20-29/h9-24H,8,25H2,1-7H3/q-1. The molecule has 0 radical (unpaired) electrons. The Morgan fingerprint density at radius 2 is 1.24 bits per heavy atom. The average Bonchev–Trinajstić information content (AvgIpc) is 2.89. The fourth-order valence-corrected chi connectivity index (χ4v) is 7.23. The van der Waals surface area contributed by atoms with E-state index in [-0.39, 0.29) is 32.0 Å². The first-order valence-electron chi connectivity index (χ1n) is 13.5. The molecule has 200 valence electrons. The molecule has 0 aliphatic heterocycles. The fraction of sp³-hybridized carbons (Fsp3) is 0.314. The van der Waals surface area contributed by atoms with E-state index in [1.165, 1.54) is 37.3 Å². The third kappa shape index (κ3) is 6.61. The topological polar surface area (TPSA) is 12.5 Å². The quantitative estimate of drug-likeness (QED) is 0.163. The maximum atomic E-state index is 6.37. The Labute approximate surface area is 240 Å². The molecule has 0 aromatic heterocycles. The number of halogens is 1. The molecule has 0 bridgehead atoms. The van der Waals surface area contributed by atoms with Crippen LogP contribution >= 0.6 is 0 Å². The van der Waals surface area contributed by atoms with Gasteiger partial charge in [0.2, 0.25) is 0 Å². The first kappa shape index (κ1) is 28.2. The third-order valence-corrected chi connectivity index (χ3v) is 9.54. The van der Waals surface area contributed by atoms with Crippen LogP contribution in [-0.2, 0) is 15.3 Å². The second-order valence-electron chi connectivity index (χ2n) is 11.7. The van der Waals surface area contributed by atoms with Crippen LogP contribution in [0.1, 0.15) is 65.2 Å². The number of para-hydroxylation sites is 3. The van der Waals surface area contributed by atoms with Crippen molar-refractivity contribution in [2.45, 2.75) is 63.7 Å². The van der Waals surface area contributed by atoms with E-state index < -0.39 is 0 Å². The van der Waals surface area contributed by atoms with Gasteiger partial charge in [0.05, 0.1) is 0 Å². The fourth-order valence-electron chi connectivity index (χ4n) is 4.56. The van der Waals surface area contributed by atoms with Crippen LogP contribution < -0.4 is 30.8 Å². The summed E-state index contributed by atoms with van der Waals surface area (Å²) in [6.07, 6.45) is 0. The van der Waals surface area contributed by atoms with Gasteiger partial charge >= 0.3 is 241 Å². The Morgan fingerprint density at radius 3 is 1.76 bits per heavy atom. The van der Waals surface area contributed by atoms with Crippen molar-refractivity contribution in [3.8, 4) is 5.75 Å². The summed E-state index contributed by atoms with van der Waals surface area (Å²) in [5.74, 6) is 1.09. The monoisotopic (exact) mass is 618 g/mol. The van der Waals surface area contributed by atoms with Gasteiger partial charge in [0.1, 0.15) is 0 Å². The Balaban J connectivity index is 1.78. The van der Waals surface area contributed by atoms with Gasteiger partial charge in [0, 0.05) is 0 Å². The summed E-state index contributed by atoms with van der Waals surface area (Å²) in [6, 6.07) is 35.1. The summed E-state index contributed by atoms with van der Waals surface area (Å²) in [6.45, 7) is 16.6. The van der Waals surface area contributed by atoms with Crippen molar-refractivity contribution in [2.75, 3.05) is 11.5 Å². The Hall–Kier alpha value is -2.79. The molecule has 0 N–H and O–H groups in total. The van der Waals surface area contributed by atoms with Gasteiger partial charge in [0.25, 0.3) is 0 Å². The summed E-state index contributed by atoms with van der Waals surface area (Å²) < 4.78 is 8.83. The molecule has 0 amide bonds. The summed E-state index contributed by atoms with van der Waals surface area (Å²) in [5.41, 5.74) is 7.74. The number of rotatable bonds is 8. The number of anilines is 3. The minimum atomic E-state index is -0.340. The zero-order valence-electron chi connectivity index (χ0n) is 23.9. The Bertz CT molecular complexity index is 1290. The third-order valence-electron chi connectivity index (χ3n) is 6.61. The van der Waals surface area contributed by atoms with Gasteiger partial charge in [-0.05, 0) is 0 Å². The van der Waals surface area contributed by atoms with E-state index in [2.05, 4.69) is 150 Å². The zero-order valence-corrected chi connectivity index (χ0v) is 26.0. The molecule has 3 heteroatoms. The van der Waals surface area contributed by atoms with Crippen molar-refractivity contribution < 1.29 is 25.9 Å². The van der Waals surface area contributed by atoms with Crippen molar-refractivity contribution in [3.63, 3.8) is 0 Å². The Morgan fingerprint density at radius 1 is 0.684 bits per heavy atom. The van der Waals surface area contributed by atoms with E-state index in [1.54, 1.807) is 0 Å². The van der Waals surface area contributed by atoms with Crippen molar-refractivity contribution in [3.05, 3.63) is 117 Å². The molecule has 0 fully saturated rings. The van der Waals surface area contributed by atoms with Crippen molar-refractivity contribution in [2.24, 2.45) is 0 Å². The molecule has 4 aromatic carbocycles. The number of ether oxygens (including phenoxy) is 1. The molecule has 4 rings (SSSR count). The van der Waals surface area contributed by atoms with Gasteiger partial charge in [-0.15, -0.1) is 0 Å². The van der Waals surface area contributed by atoms with Gasteiger partial charge in [-0.25, -0.2) is 0 Å². The van der Waals surface area contributed by atoms with Crippen LogP contribution in [0.25, 0.3) is 0 Å². The van der Waals surface area contributed by atoms with Crippen LogP contribution in [0.3, 0.4) is 0 Å². The summed E-state index contributed by atoms with van der Waals surface area (Å²) in [4.78, 5) is 2.39. The predicted molar refractivity (Wildman–Crippen MR) is 159 cm³/mol. The molecule has 0 aliphatic rings. The van der Waals surface area contributed by atoms with Crippen molar-refractivity contribution in [1.82, 2.24) is 0 Å². The number of alkyl halides is 1. The first-order chi connectivity index (χ1) is 18.1. The molecule has 38 heavy (non-hydrogen) atoms. The van der Waals surface area contributed by atoms with E-state index in [0.717, 1.165) is 10.2 Å². The van der Waals surface area contributed by atoms with E-state index >= 15 is 0 Å². The molecular weight excluding hydrogens is 577 g/mol. The second-order valence-corrected chi connectivity index (χ2v) is 14.4. The van der Waals surface area contributed by atoms with Gasteiger partial charge in [-0.1, -0.05) is 0 Å². The molecule has 0 unspecified atom stereocenters. The predicted octanol–water partition coefficient (Wildman–Crippen LogP) is 6.61. The molecule has 0 spiro atoms. The summed E-state index contributed by atoms with van der Waals surface area (Å²) in [7, 11) is 0.